The van der Waals surface area contributed by atoms with Crippen molar-refractivity contribution in [1.82, 2.24) is 19.7 Å². The van der Waals surface area contributed by atoms with Gasteiger partial charge in [-0.3, -0.25) is 14.4 Å². The van der Waals surface area contributed by atoms with E-state index in [0.717, 1.165) is 47.3 Å². The molecule has 0 spiro atoms. The van der Waals surface area contributed by atoms with E-state index in [-0.39, 0.29) is 17.9 Å². The van der Waals surface area contributed by atoms with Gasteiger partial charge in [0.15, 0.2) is 5.15 Å². The average molecular weight is 518 g/mol. The van der Waals surface area contributed by atoms with Crippen LogP contribution in [0, 0.1) is 0 Å². The molecule has 10 heteroatoms. The van der Waals surface area contributed by atoms with E-state index in [1.165, 1.54) is 0 Å². The lowest BCUT2D eigenvalue weighted by molar-refractivity contribution is -0.115. The van der Waals surface area contributed by atoms with Crippen LogP contribution in [-0.2, 0) is 23.0 Å². The van der Waals surface area contributed by atoms with E-state index in [2.05, 4.69) is 33.3 Å². The Kier molecular flexibility index (Phi) is 6.76. The zero-order chi connectivity index (χ0) is 24.7. The van der Waals surface area contributed by atoms with Gasteiger partial charge in [0.05, 0.1) is 31.3 Å². The minimum atomic E-state index is -0.460. The predicted octanol–water partition coefficient (Wildman–Crippen LogP) is 3.79. The molecule has 2 aromatic heterocycles. The lowest BCUT2D eigenvalue weighted by Gasteiger charge is -2.43. The van der Waals surface area contributed by atoms with Crippen LogP contribution in [0.3, 0.4) is 0 Å². The molecule has 4 heterocycles. The minimum absolute atomic E-state index is 0.121. The molecule has 1 amide bonds. The number of halogens is 2. The van der Waals surface area contributed by atoms with Gasteiger partial charge < -0.3 is 15.2 Å². The number of fused-ring (bicyclic) bond motifs is 1. The van der Waals surface area contributed by atoms with Gasteiger partial charge in [0.25, 0.3) is 0 Å². The van der Waals surface area contributed by atoms with Crippen LogP contribution in [0.15, 0.2) is 30.6 Å². The third-order valence-electron chi connectivity index (χ3n) is 7.35. The maximum atomic E-state index is 12.5. The highest BCUT2D eigenvalue weighted by atomic mass is 35.5. The molecule has 0 radical (unpaired) electrons. The van der Waals surface area contributed by atoms with Gasteiger partial charge in [-0.25, -0.2) is 4.98 Å². The van der Waals surface area contributed by atoms with Crippen molar-refractivity contribution >= 4 is 45.7 Å². The molecule has 2 fully saturated rings. The Morgan fingerprint density at radius 3 is 2.69 bits per heavy atom. The van der Waals surface area contributed by atoms with Gasteiger partial charge in [-0.05, 0) is 67.9 Å². The number of carbonyl (C=O) groups excluding carboxylic acids is 1. The number of hydrogen-bond donors (Lipinski definition) is 2. The Morgan fingerprint density at radius 1 is 1.26 bits per heavy atom. The van der Waals surface area contributed by atoms with Crippen LogP contribution in [0.1, 0.15) is 36.8 Å². The number of carbonyl (C=O) groups is 1. The molecule has 2 N–H and O–H groups in total. The number of nitrogens with zero attached hydrogens (tertiary/aromatic N) is 4. The standard InChI is InChI=1S/C25H29Cl2N5O3/c1-25(14-35-13-21(25)33)32-5-3-15(4-6-32)19-7-16-9-22(28-11-17(16)8-20(19)26)29-23(34)10-18-12-31(2)30-24(18)27/h7-9,11-12,15,21,33H,3-6,10,13-14H2,1-2H3,(H,28,29,34). The second-order valence-corrected chi connectivity index (χ2v) is 10.5. The Labute approximate surface area is 214 Å². The number of aliphatic hydroxyl groups is 1. The summed E-state index contributed by atoms with van der Waals surface area (Å²) in [5.74, 6) is 0.596. The van der Waals surface area contributed by atoms with E-state index >= 15 is 0 Å². The normalized spacial score (nSPS) is 23.7. The van der Waals surface area contributed by atoms with Gasteiger partial charge in [-0.1, -0.05) is 23.2 Å². The Morgan fingerprint density at radius 2 is 2.03 bits per heavy atom. The first-order chi connectivity index (χ1) is 16.7. The summed E-state index contributed by atoms with van der Waals surface area (Å²) in [4.78, 5) is 19.3. The molecule has 0 saturated carbocycles. The number of hydrogen-bond acceptors (Lipinski definition) is 6. The number of aliphatic hydroxyl groups excluding tert-OH is 1. The van der Waals surface area contributed by atoms with Gasteiger partial charge in [-0.15, -0.1) is 0 Å². The fourth-order valence-corrected chi connectivity index (χ4v) is 5.77. The van der Waals surface area contributed by atoms with Gasteiger partial charge >= 0.3 is 0 Å². The molecule has 5 rings (SSSR count). The topological polar surface area (TPSA) is 92.5 Å². The molecule has 35 heavy (non-hydrogen) atoms. The maximum absolute atomic E-state index is 12.5. The smallest absolute Gasteiger partial charge is 0.230 e. The lowest BCUT2D eigenvalue weighted by atomic mass is 9.85. The third kappa shape index (κ3) is 4.90. The van der Waals surface area contributed by atoms with Gasteiger partial charge in [0.2, 0.25) is 5.91 Å². The molecular weight excluding hydrogens is 489 g/mol. The summed E-state index contributed by atoms with van der Waals surface area (Å²) in [6, 6.07) is 5.94. The van der Waals surface area contributed by atoms with Crippen molar-refractivity contribution in [2.45, 2.75) is 43.7 Å². The molecule has 2 aliphatic rings. The number of aromatic nitrogens is 3. The summed E-state index contributed by atoms with van der Waals surface area (Å²) >= 11 is 12.8. The van der Waals surface area contributed by atoms with Gasteiger partial charge in [0, 0.05) is 35.4 Å². The van der Waals surface area contributed by atoms with Crippen LogP contribution in [0.25, 0.3) is 10.8 Å². The van der Waals surface area contributed by atoms with Crippen LogP contribution in [0.2, 0.25) is 10.2 Å². The van der Waals surface area contributed by atoms with Crippen molar-refractivity contribution < 1.29 is 14.6 Å². The first kappa shape index (κ1) is 24.5. The number of benzene rings is 1. The summed E-state index contributed by atoms with van der Waals surface area (Å²) in [7, 11) is 1.76. The molecule has 2 aliphatic heterocycles. The number of amides is 1. The van der Waals surface area contributed by atoms with Crippen molar-refractivity contribution in [3.63, 3.8) is 0 Å². The van der Waals surface area contributed by atoms with Crippen LogP contribution in [0.5, 0.6) is 0 Å². The SMILES string of the molecule is Cn1cc(CC(=O)Nc2cc3cc(C4CCN(C5(C)COCC5O)CC4)c(Cl)cc3cn2)c(Cl)n1. The molecule has 8 nitrogen and oxygen atoms in total. The Balaban J connectivity index is 1.30. The number of anilines is 1. The zero-order valence-electron chi connectivity index (χ0n) is 19.8. The molecule has 186 valence electrons. The second kappa shape index (κ2) is 9.67. The highest BCUT2D eigenvalue weighted by molar-refractivity contribution is 6.32. The van der Waals surface area contributed by atoms with E-state index in [1.807, 2.05) is 12.1 Å². The predicted molar refractivity (Wildman–Crippen MR) is 136 cm³/mol. The summed E-state index contributed by atoms with van der Waals surface area (Å²) in [6.07, 6.45) is 5.02. The number of likely N-dealkylation sites (tertiary alicyclic amines) is 1. The largest absolute Gasteiger partial charge is 0.389 e. The number of aryl methyl sites for hydroxylation is 1. The Hall–Kier alpha value is -2.23. The van der Waals surface area contributed by atoms with Crippen LogP contribution in [-0.4, -0.2) is 68.6 Å². The van der Waals surface area contributed by atoms with Gasteiger partial charge in [0.1, 0.15) is 5.82 Å². The van der Waals surface area contributed by atoms with Crippen LogP contribution in [0.4, 0.5) is 5.82 Å². The van der Waals surface area contributed by atoms with E-state index in [4.69, 9.17) is 27.9 Å². The number of ether oxygens (including phenoxy) is 1. The summed E-state index contributed by atoms with van der Waals surface area (Å²) in [5.41, 5.74) is 1.45. The molecule has 3 aromatic rings. The van der Waals surface area contributed by atoms with Crippen molar-refractivity contribution in [2.75, 3.05) is 31.6 Å². The van der Waals surface area contributed by atoms with Crippen molar-refractivity contribution in [1.29, 1.82) is 0 Å². The molecule has 1 aromatic carbocycles. The Bertz CT molecular complexity index is 1260. The highest BCUT2D eigenvalue weighted by Gasteiger charge is 2.45. The first-order valence-electron chi connectivity index (χ1n) is 11.8. The monoisotopic (exact) mass is 517 g/mol. The molecule has 0 bridgehead atoms. The summed E-state index contributed by atoms with van der Waals surface area (Å²) < 4.78 is 7.11. The van der Waals surface area contributed by atoms with Crippen LogP contribution >= 0.6 is 23.2 Å². The third-order valence-corrected chi connectivity index (χ3v) is 8.00. The van der Waals surface area contributed by atoms with E-state index in [9.17, 15) is 9.90 Å². The highest BCUT2D eigenvalue weighted by Crippen LogP contribution is 2.38. The summed E-state index contributed by atoms with van der Waals surface area (Å²) in [6.45, 7) is 4.80. The quantitative estimate of drug-likeness (QED) is 0.534. The lowest BCUT2D eigenvalue weighted by Crippen LogP contribution is -2.56. The molecular formula is C25H29Cl2N5O3. The molecule has 0 aliphatic carbocycles. The first-order valence-corrected chi connectivity index (χ1v) is 12.6. The van der Waals surface area contributed by atoms with E-state index in [0.29, 0.717) is 35.7 Å². The maximum Gasteiger partial charge on any atom is 0.230 e. The fraction of sp³-hybridized carbons (Fsp3) is 0.480. The zero-order valence-corrected chi connectivity index (χ0v) is 21.3. The average Bonchev–Trinajstić information content (AvgIpc) is 3.33. The molecule has 2 saturated heterocycles. The molecule has 2 atom stereocenters. The van der Waals surface area contributed by atoms with E-state index in [1.54, 1.807) is 24.1 Å². The van der Waals surface area contributed by atoms with Crippen molar-refractivity contribution in [3.8, 4) is 0 Å². The number of pyridine rings is 1. The minimum Gasteiger partial charge on any atom is -0.389 e. The number of nitrogens with one attached hydrogen (secondary N) is 1. The van der Waals surface area contributed by atoms with E-state index < -0.39 is 6.10 Å². The van der Waals surface area contributed by atoms with Gasteiger partial charge in [-0.2, -0.15) is 5.10 Å². The van der Waals surface area contributed by atoms with Crippen LogP contribution < -0.4 is 5.32 Å². The fourth-order valence-electron chi connectivity index (χ4n) is 5.21. The van der Waals surface area contributed by atoms with Crippen molar-refractivity contribution in [2.24, 2.45) is 7.05 Å². The van der Waals surface area contributed by atoms with Crippen molar-refractivity contribution in [3.05, 3.63) is 51.9 Å². The molecule has 2 unspecified atom stereocenters. The number of rotatable bonds is 5. The second-order valence-electron chi connectivity index (χ2n) is 9.78. The number of piperidine rings is 1. The summed E-state index contributed by atoms with van der Waals surface area (Å²) in [5, 5.41) is 20.3.